The lowest BCUT2D eigenvalue weighted by Crippen LogP contribution is -2.43. The fourth-order valence-corrected chi connectivity index (χ4v) is 7.02. The first-order chi connectivity index (χ1) is 16.3. The molecule has 0 amide bonds. The minimum absolute atomic E-state index is 0.217. The summed E-state index contributed by atoms with van der Waals surface area (Å²) in [6, 6.07) is 14.2. The first kappa shape index (κ1) is 25.1. The van der Waals surface area contributed by atoms with Crippen LogP contribution in [0.2, 0.25) is 0 Å². The van der Waals surface area contributed by atoms with Gasteiger partial charge in [0.2, 0.25) is 0 Å². The number of nitrogens with zero attached hydrogens (tertiary/aromatic N) is 2. The van der Waals surface area contributed by atoms with Crippen LogP contribution in [0.5, 0.6) is 0 Å². The molecule has 0 unspecified atom stereocenters. The van der Waals surface area contributed by atoms with Crippen LogP contribution < -0.4 is 9.21 Å². The number of hydrogen-bond acceptors (Lipinski definition) is 4. The molecule has 1 atom stereocenters. The summed E-state index contributed by atoms with van der Waals surface area (Å²) in [5, 5.41) is 0. The fourth-order valence-electron chi connectivity index (χ4n) is 5.34. The van der Waals surface area contributed by atoms with E-state index in [-0.39, 0.29) is 5.92 Å². The van der Waals surface area contributed by atoms with Crippen LogP contribution in [0.15, 0.2) is 47.4 Å². The molecule has 2 aliphatic heterocycles. The molecular weight excluding hydrogens is 444 g/mol. The van der Waals surface area contributed by atoms with Crippen molar-refractivity contribution in [2.45, 2.75) is 70.7 Å². The van der Waals surface area contributed by atoms with Gasteiger partial charge < -0.3 is 9.64 Å². The molecule has 0 aliphatic carbocycles. The molecule has 186 valence electrons. The molecule has 2 aromatic rings. The van der Waals surface area contributed by atoms with Gasteiger partial charge in [0, 0.05) is 38.0 Å². The SMILES string of the molecule is CCc1ccc(N(CC(C)C)S(=O)(=O)c2ccc3c(c2)CCCN3[C@H](C)C2CCOCC2)cc1. The highest BCUT2D eigenvalue weighted by atomic mass is 32.2. The number of benzene rings is 2. The third kappa shape index (κ3) is 5.28. The maximum atomic E-state index is 13.9. The Balaban J connectivity index is 1.64. The van der Waals surface area contributed by atoms with Crippen molar-refractivity contribution in [2.75, 3.05) is 35.5 Å². The predicted molar refractivity (Wildman–Crippen MR) is 140 cm³/mol. The molecule has 4 rings (SSSR count). The molecule has 0 bridgehead atoms. The van der Waals surface area contributed by atoms with E-state index in [0.717, 1.165) is 63.1 Å². The van der Waals surface area contributed by atoms with Gasteiger partial charge in [0.1, 0.15) is 0 Å². The van der Waals surface area contributed by atoms with Crippen LogP contribution in [0.4, 0.5) is 11.4 Å². The summed E-state index contributed by atoms with van der Waals surface area (Å²) in [6.45, 7) is 11.7. The summed E-state index contributed by atoms with van der Waals surface area (Å²) in [7, 11) is -3.66. The number of aryl methyl sites for hydroxylation is 2. The first-order valence-corrected chi connectivity index (χ1v) is 14.3. The van der Waals surface area contributed by atoms with Crippen molar-refractivity contribution < 1.29 is 13.2 Å². The number of hydrogen-bond donors (Lipinski definition) is 0. The quantitative estimate of drug-likeness (QED) is 0.485. The van der Waals surface area contributed by atoms with Crippen molar-refractivity contribution in [3.05, 3.63) is 53.6 Å². The molecule has 0 spiro atoms. The normalized spacial score (nSPS) is 18.1. The molecule has 1 fully saturated rings. The summed E-state index contributed by atoms with van der Waals surface area (Å²) in [5.41, 5.74) is 4.29. The van der Waals surface area contributed by atoms with Crippen LogP contribution in [-0.2, 0) is 27.6 Å². The van der Waals surface area contributed by atoms with Crippen molar-refractivity contribution in [1.29, 1.82) is 0 Å². The number of ether oxygens (including phenoxy) is 1. The summed E-state index contributed by atoms with van der Waals surface area (Å²) < 4.78 is 34.9. The van der Waals surface area contributed by atoms with Gasteiger partial charge in [-0.1, -0.05) is 32.9 Å². The van der Waals surface area contributed by atoms with Gasteiger partial charge in [-0.25, -0.2) is 8.42 Å². The van der Waals surface area contributed by atoms with Gasteiger partial charge in [-0.05, 0) is 92.3 Å². The molecule has 5 nitrogen and oxygen atoms in total. The van der Waals surface area contributed by atoms with E-state index in [1.165, 1.54) is 11.3 Å². The molecular formula is C28H40N2O3S. The van der Waals surface area contributed by atoms with Crippen LogP contribution in [0.25, 0.3) is 0 Å². The van der Waals surface area contributed by atoms with Crippen molar-refractivity contribution in [1.82, 2.24) is 0 Å². The zero-order chi connectivity index (χ0) is 24.3. The second kappa shape index (κ2) is 10.7. The molecule has 2 aromatic carbocycles. The third-order valence-electron chi connectivity index (χ3n) is 7.40. The smallest absolute Gasteiger partial charge is 0.264 e. The Morgan fingerprint density at radius 2 is 1.76 bits per heavy atom. The molecule has 0 radical (unpaired) electrons. The van der Waals surface area contributed by atoms with Gasteiger partial charge in [0.15, 0.2) is 0 Å². The lowest BCUT2D eigenvalue weighted by molar-refractivity contribution is 0.0591. The standard InChI is InChI=1S/C28H40N2O3S/c1-5-23-8-10-26(11-9-23)30(20-21(2)3)34(31,32)27-12-13-28-25(19-27)7-6-16-29(28)22(4)24-14-17-33-18-15-24/h8-13,19,21-22,24H,5-7,14-18,20H2,1-4H3/t22-/m1/s1. The molecule has 2 aliphatic rings. The second-order valence-corrected chi connectivity index (χ2v) is 12.1. The second-order valence-electron chi connectivity index (χ2n) is 10.2. The molecule has 34 heavy (non-hydrogen) atoms. The number of rotatable bonds is 8. The summed E-state index contributed by atoms with van der Waals surface area (Å²) in [6.07, 6.45) is 5.11. The zero-order valence-corrected chi connectivity index (χ0v) is 22.0. The summed E-state index contributed by atoms with van der Waals surface area (Å²) >= 11 is 0. The summed E-state index contributed by atoms with van der Waals surface area (Å²) in [4.78, 5) is 2.90. The predicted octanol–water partition coefficient (Wildman–Crippen LogP) is 5.67. The Labute approximate surface area is 206 Å². The highest BCUT2D eigenvalue weighted by Gasteiger charge is 2.31. The minimum atomic E-state index is -3.66. The fraction of sp³-hybridized carbons (Fsp3) is 0.571. The van der Waals surface area contributed by atoms with Crippen LogP contribution in [-0.4, -0.2) is 40.8 Å². The third-order valence-corrected chi connectivity index (χ3v) is 9.19. The van der Waals surface area contributed by atoms with Gasteiger partial charge in [0.05, 0.1) is 10.6 Å². The summed E-state index contributed by atoms with van der Waals surface area (Å²) in [5.74, 6) is 0.838. The van der Waals surface area contributed by atoms with Crippen LogP contribution in [0, 0.1) is 11.8 Å². The van der Waals surface area contributed by atoms with E-state index < -0.39 is 10.0 Å². The molecule has 0 N–H and O–H groups in total. The maximum Gasteiger partial charge on any atom is 0.264 e. The van der Waals surface area contributed by atoms with E-state index in [0.29, 0.717) is 23.4 Å². The van der Waals surface area contributed by atoms with Gasteiger partial charge in [-0.3, -0.25) is 4.31 Å². The Hall–Kier alpha value is -2.05. The molecule has 2 heterocycles. The average Bonchev–Trinajstić information content (AvgIpc) is 2.86. The van der Waals surface area contributed by atoms with Crippen molar-refractivity contribution in [3.63, 3.8) is 0 Å². The van der Waals surface area contributed by atoms with Crippen LogP contribution >= 0.6 is 0 Å². The monoisotopic (exact) mass is 484 g/mol. The topological polar surface area (TPSA) is 49.9 Å². The van der Waals surface area contributed by atoms with Crippen molar-refractivity contribution in [3.8, 4) is 0 Å². The van der Waals surface area contributed by atoms with E-state index in [9.17, 15) is 8.42 Å². The molecule has 0 saturated carbocycles. The van der Waals surface area contributed by atoms with E-state index in [4.69, 9.17) is 4.74 Å². The van der Waals surface area contributed by atoms with E-state index in [1.807, 2.05) is 42.5 Å². The number of anilines is 2. The van der Waals surface area contributed by atoms with E-state index in [2.05, 4.69) is 32.6 Å². The van der Waals surface area contributed by atoms with Gasteiger partial charge >= 0.3 is 0 Å². The zero-order valence-electron chi connectivity index (χ0n) is 21.2. The first-order valence-electron chi connectivity index (χ1n) is 12.9. The van der Waals surface area contributed by atoms with E-state index >= 15 is 0 Å². The van der Waals surface area contributed by atoms with Crippen molar-refractivity contribution in [2.24, 2.45) is 11.8 Å². The lowest BCUT2D eigenvalue weighted by Gasteiger charge is -2.41. The van der Waals surface area contributed by atoms with Crippen LogP contribution in [0.3, 0.4) is 0 Å². The Morgan fingerprint density at radius 1 is 1.06 bits per heavy atom. The number of sulfonamides is 1. The highest BCUT2D eigenvalue weighted by Crippen LogP contribution is 2.35. The minimum Gasteiger partial charge on any atom is -0.381 e. The van der Waals surface area contributed by atoms with E-state index in [1.54, 1.807) is 4.31 Å². The van der Waals surface area contributed by atoms with Crippen molar-refractivity contribution >= 4 is 21.4 Å². The van der Waals surface area contributed by atoms with Gasteiger partial charge in [-0.2, -0.15) is 0 Å². The van der Waals surface area contributed by atoms with Gasteiger partial charge in [0.25, 0.3) is 10.0 Å². The molecule has 0 aromatic heterocycles. The lowest BCUT2D eigenvalue weighted by atomic mass is 9.89. The highest BCUT2D eigenvalue weighted by molar-refractivity contribution is 7.92. The Kier molecular flexibility index (Phi) is 7.88. The molecule has 1 saturated heterocycles. The van der Waals surface area contributed by atoms with Gasteiger partial charge in [-0.15, -0.1) is 0 Å². The van der Waals surface area contributed by atoms with Crippen LogP contribution in [0.1, 0.15) is 58.1 Å². The largest absolute Gasteiger partial charge is 0.381 e. The Morgan fingerprint density at radius 3 is 2.41 bits per heavy atom. The maximum absolute atomic E-state index is 13.9. The average molecular weight is 485 g/mol. The Bertz CT molecular complexity index is 1060. The molecule has 6 heteroatoms. The number of fused-ring (bicyclic) bond motifs is 1.